The third-order valence-corrected chi connectivity index (χ3v) is 3.18. The number of hydrogen-bond donors (Lipinski definition) is 2. The molecule has 0 fully saturated rings. The van der Waals surface area contributed by atoms with Crippen molar-refractivity contribution >= 4 is 11.7 Å². The van der Waals surface area contributed by atoms with Crippen LogP contribution < -0.4 is 20.5 Å². The maximum Gasteiger partial charge on any atom is 0.269 e. The zero-order valence-corrected chi connectivity index (χ0v) is 12.7. The summed E-state index contributed by atoms with van der Waals surface area (Å²) in [6, 6.07) is 8.63. The molecule has 2 aromatic rings. The first-order valence-corrected chi connectivity index (χ1v) is 6.67. The number of benzene rings is 1. The molecule has 1 aromatic carbocycles. The summed E-state index contributed by atoms with van der Waals surface area (Å²) in [7, 11) is 3.22. The molecular weight excluding hydrogens is 284 g/mol. The maximum atomic E-state index is 11.0. The fourth-order valence-corrected chi connectivity index (χ4v) is 2.02. The van der Waals surface area contributed by atoms with Crippen molar-refractivity contribution in [3.05, 3.63) is 41.6 Å². The van der Waals surface area contributed by atoms with Crippen LogP contribution in [0.1, 0.15) is 29.0 Å². The van der Waals surface area contributed by atoms with Crippen molar-refractivity contribution in [2.45, 2.75) is 13.0 Å². The van der Waals surface area contributed by atoms with Crippen LogP contribution in [0.3, 0.4) is 0 Å². The Kier molecular flexibility index (Phi) is 4.77. The Morgan fingerprint density at radius 1 is 1.18 bits per heavy atom. The van der Waals surface area contributed by atoms with Gasteiger partial charge in [-0.15, -0.1) is 10.2 Å². The smallest absolute Gasteiger partial charge is 0.269 e. The third kappa shape index (κ3) is 3.43. The quantitative estimate of drug-likeness (QED) is 0.843. The highest BCUT2D eigenvalue weighted by Gasteiger charge is 2.14. The molecule has 0 aliphatic heterocycles. The van der Waals surface area contributed by atoms with Crippen LogP contribution in [0, 0.1) is 0 Å². The van der Waals surface area contributed by atoms with Gasteiger partial charge in [0.25, 0.3) is 5.91 Å². The number of nitrogens with zero attached hydrogens (tertiary/aromatic N) is 2. The lowest BCUT2D eigenvalue weighted by atomic mass is 10.1. The lowest BCUT2D eigenvalue weighted by Crippen LogP contribution is -2.15. The van der Waals surface area contributed by atoms with Gasteiger partial charge in [0.15, 0.2) is 5.69 Å². The molecule has 7 heteroatoms. The number of ether oxygens (including phenoxy) is 2. The zero-order chi connectivity index (χ0) is 16.1. The first-order valence-electron chi connectivity index (χ1n) is 6.67. The Morgan fingerprint density at radius 3 is 2.50 bits per heavy atom. The summed E-state index contributed by atoms with van der Waals surface area (Å²) in [5.74, 6) is 1.39. The zero-order valence-electron chi connectivity index (χ0n) is 12.7. The van der Waals surface area contributed by atoms with Gasteiger partial charge < -0.3 is 20.5 Å². The van der Waals surface area contributed by atoms with Gasteiger partial charge in [0.2, 0.25) is 0 Å². The largest absolute Gasteiger partial charge is 0.497 e. The second-order valence-electron chi connectivity index (χ2n) is 4.64. The minimum Gasteiger partial charge on any atom is -0.497 e. The van der Waals surface area contributed by atoms with Gasteiger partial charge in [-0.05, 0) is 37.3 Å². The molecular formula is C15H18N4O3. The summed E-state index contributed by atoms with van der Waals surface area (Å²) in [6.45, 7) is 1.96. The van der Waals surface area contributed by atoms with Crippen molar-refractivity contribution in [1.29, 1.82) is 0 Å². The van der Waals surface area contributed by atoms with E-state index in [4.69, 9.17) is 15.2 Å². The van der Waals surface area contributed by atoms with E-state index in [1.54, 1.807) is 20.3 Å². The van der Waals surface area contributed by atoms with E-state index in [1.807, 2.05) is 25.1 Å². The highest BCUT2D eigenvalue weighted by Crippen LogP contribution is 2.30. The van der Waals surface area contributed by atoms with Crippen LogP contribution in [0.2, 0.25) is 0 Å². The van der Waals surface area contributed by atoms with E-state index in [0.717, 1.165) is 17.1 Å². The number of carbonyl (C=O) groups excluding carboxylic acids is 1. The number of nitrogens with one attached hydrogen (secondary N) is 1. The fraction of sp³-hybridized carbons (Fsp3) is 0.267. The molecule has 7 nitrogen and oxygen atoms in total. The van der Waals surface area contributed by atoms with Gasteiger partial charge in [-0.2, -0.15) is 0 Å². The van der Waals surface area contributed by atoms with Crippen molar-refractivity contribution in [3.8, 4) is 11.5 Å². The molecule has 0 radical (unpaired) electrons. The van der Waals surface area contributed by atoms with Crippen LogP contribution in [0.5, 0.6) is 11.5 Å². The van der Waals surface area contributed by atoms with Crippen molar-refractivity contribution in [3.63, 3.8) is 0 Å². The predicted octanol–water partition coefficient (Wildman–Crippen LogP) is 1.77. The Labute approximate surface area is 128 Å². The summed E-state index contributed by atoms with van der Waals surface area (Å²) in [5.41, 5.74) is 6.18. The van der Waals surface area contributed by atoms with Gasteiger partial charge in [0, 0.05) is 5.56 Å². The van der Waals surface area contributed by atoms with Gasteiger partial charge in [-0.3, -0.25) is 4.79 Å². The molecule has 1 aromatic heterocycles. The minimum atomic E-state index is -0.610. The maximum absolute atomic E-state index is 11.0. The number of amides is 1. The molecule has 1 atom stereocenters. The Bertz CT molecular complexity index is 658. The molecule has 1 heterocycles. The minimum absolute atomic E-state index is 0.0984. The number of aromatic nitrogens is 2. The molecule has 1 amide bonds. The van der Waals surface area contributed by atoms with E-state index in [0.29, 0.717) is 5.82 Å². The number of anilines is 1. The van der Waals surface area contributed by atoms with Gasteiger partial charge in [-0.1, -0.05) is 0 Å². The van der Waals surface area contributed by atoms with Gasteiger partial charge >= 0.3 is 0 Å². The highest BCUT2D eigenvalue weighted by atomic mass is 16.5. The standard InChI is InChI=1S/C15H18N4O3/c1-9(11-8-10(21-2)4-6-13(11)22-3)17-14-7-5-12(15(16)20)18-19-14/h4-9H,1-3H3,(H2,16,20)(H,17,19)/t9-/m0/s1. The first kappa shape index (κ1) is 15.6. The van der Waals surface area contributed by atoms with Crippen molar-refractivity contribution in [2.24, 2.45) is 5.73 Å². The molecule has 0 saturated heterocycles. The molecule has 0 saturated carbocycles. The van der Waals surface area contributed by atoms with E-state index in [9.17, 15) is 4.79 Å². The summed E-state index contributed by atoms with van der Waals surface area (Å²) in [4.78, 5) is 11.0. The van der Waals surface area contributed by atoms with Gasteiger partial charge in [-0.25, -0.2) is 0 Å². The lowest BCUT2D eigenvalue weighted by Gasteiger charge is -2.18. The van der Waals surface area contributed by atoms with Crippen molar-refractivity contribution < 1.29 is 14.3 Å². The van der Waals surface area contributed by atoms with Crippen LogP contribution in [0.25, 0.3) is 0 Å². The van der Waals surface area contributed by atoms with E-state index in [1.165, 1.54) is 6.07 Å². The lowest BCUT2D eigenvalue weighted by molar-refractivity contribution is 0.0994. The highest BCUT2D eigenvalue weighted by molar-refractivity contribution is 5.90. The summed E-state index contributed by atoms with van der Waals surface area (Å²) in [6.07, 6.45) is 0. The Hall–Kier alpha value is -2.83. The Morgan fingerprint density at radius 2 is 1.95 bits per heavy atom. The predicted molar refractivity (Wildman–Crippen MR) is 82.1 cm³/mol. The molecule has 116 valence electrons. The molecule has 0 aliphatic carbocycles. The van der Waals surface area contributed by atoms with Crippen LogP contribution >= 0.6 is 0 Å². The molecule has 0 aliphatic rings. The SMILES string of the molecule is COc1ccc(OC)c([C@H](C)Nc2ccc(C(N)=O)nn2)c1. The first-order chi connectivity index (χ1) is 10.5. The van der Waals surface area contributed by atoms with E-state index >= 15 is 0 Å². The van der Waals surface area contributed by atoms with Crippen LogP contribution in [-0.4, -0.2) is 30.3 Å². The fourth-order valence-electron chi connectivity index (χ4n) is 2.02. The second kappa shape index (κ2) is 6.75. The number of carbonyl (C=O) groups is 1. The van der Waals surface area contributed by atoms with Crippen molar-refractivity contribution in [2.75, 3.05) is 19.5 Å². The normalized spacial score (nSPS) is 11.6. The summed E-state index contributed by atoms with van der Waals surface area (Å²) >= 11 is 0. The second-order valence-corrected chi connectivity index (χ2v) is 4.64. The summed E-state index contributed by atoms with van der Waals surface area (Å²) < 4.78 is 10.6. The van der Waals surface area contributed by atoms with Crippen molar-refractivity contribution in [1.82, 2.24) is 10.2 Å². The number of nitrogens with two attached hydrogens (primary N) is 1. The van der Waals surface area contributed by atoms with Crippen LogP contribution in [0.15, 0.2) is 30.3 Å². The average Bonchev–Trinajstić information content (AvgIpc) is 2.54. The number of rotatable bonds is 6. The molecule has 2 rings (SSSR count). The van der Waals surface area contributed by atoms with Gasteiger partial charge in [0.1, 0.15) is 17.3 Å². The monoisotopic (exact) mass is 302 g/mol. The van der Waals surface area contributed by atoms with Gasteiger partial charge in [0.05, 0.1) is 20.3 Å². The molecule has 0 unspecified atom stereocenters. The number of primary amides is 1. The van der Waals surface area contributed by atoms with E-state index < -0.39 is 5.91 Å². The number of hydrogen-bond acceptors (Lipinski definition) is 6. The topological polar surface area (TPSA) is 99.4 Å². The molecule has 3 N–H and O–H groups in total. The van der Waals surface area contributed by atoms with Crippen LogP contribution in [0.4, 0.5) is 5.82 Å². The third-order valence-electron chi connectivity index (χ3n) is 3.18. The Balaban J connectivity index is 2.20. The van der Waals surface area contributed by atoms with E-state index in [-0.39, 0.29) is 11.7 Å². The summed E-state index contributed by atoms with van der Waals surface area (Å²) in [5, 5.41) is 10.9. The van der Waals surface area contributed by atoms with E-state index in [2.05, 4.69) is 15.5 Å². The molecule has 22 heavy (non-hydrogen) atoms. The average molecular weight is 302 g/mol. The number of methoxy groups -OCH3 is 2. The van der Waals surface area contributed by atoms with Crippen LogP contribution in [-0.2, 0) is 0 Å². The molecule has 0 spiro atoms. The molecule has 0 bridgehead atoms.